The van der Waals surface area contributed by atoms with Gasteiger partial charge in [-0.1, -0.05) is 60.2 Å². The number of amides is 1. The van der Waals surface area contributed by atoms with Crippen molar-refractivity contribution in [3.63, 3.8) is 0 Å². The third kappa shape index (κ3) is 3.62. The second-order valence-electron chi connectivity index (χ2n) is 6.82. The van der Waals surface area contributed by atoms with Crippen LogP contribution in [-0.4, -0.2) is 25.7 Å². The predicted octanol–water partition coefficient (Wildman–Crippen LogP) is 3.52. The van der Waals surface area contributed by atoms with Crippen LogP contribution in [-0.2, 0) is 11.3 Å². The van der Waals surface area contributed by atoms with E-state index in [4.69, 9.17) is 0 Å². The van der Waals surface area contributed by atoms with Gasteiger partial charge in [-0.15, -0.1) is 10.2 Å². The molecule has 2 aromatic heterocycles. The van der Waals surface area contributed by atoms with Gasteiger partial charge in [0.2, 0.25) is 5.91 Å². The van der Waals surface area contributed by atoms with Gasteiger partial charge in [-0.2, -0.15) is 9.61 Å². The molecule has 4 rings (SSSR count). The molecule has 0 aliphatic carbocycles. The molecule has 0 aliphatic heterocycles. The summed E-state index contributed by atoms with van der Waals surface area (Å²) in [6.45, 7) is 4.21. The predicted molar refractivity (Wildman–Crippen MR) is 108 cm³/mol. The van der Waals surface area contributed by atoms with Crippen LogP contribution in [0.25, 0.3) is 16.9 Å². The number of benzene rings is 2. The molecule has 0 bridgehead atoms. The van der Waals surface area contributed by atoms with Gasteiger partial charge in [0.15, 0.2) is 11.5 Å². The second kappa shape index (κ2) is 7.60. The molecule has 0 saturated carbocycles. The Kier molecular flexibility index (Phi) is 4.85. The number of hydrogen-bond donors (Lipinski definition) is 1. The lowest BCUT2D eigenvalue weighted by Gasteiger charge is -2.12. The SMILES string of the molecule is Cc1ccc(-c2ccc3nnc(CNC(=O)[C@H](C)c4ccccc4)n3n2)cc1. The Morgan fingerprint density at radius 3 is 2.50 bits per heavy atom. The van der Waals surface area contributed by atoms with E-state index in [1.165, 1.54) is 5.56 Å². The third-order valence-corrected chi connectivity index (χ3v) is 4.79. The fourth-order valence-electron chi connectivity index (χ4n) is 3.03. The molecule has 0 unspecified atom stereocenters. The lowest BCUT2D eigenvalue weighted by molar-refractivity contribution is -0.122. The van der Waals surface area contributed by atoms with E-state index in [-0.39, 0.29) is 18.4 Å². The molecule has 1 atom stereocenters. The first-order valence-corrected chi connectivity index (χ1v) is 9.23. The van der Waals surface area contributed by atoms with Gasteiger partial charge in [-0.3, -0.25) is 4.79 Å². The van der Waals surface area contributed by atoms with Gasteiger partial charge in [-0.25, -0.2) is 0 Å². The highest BCUT2D eigenvalue weighted by atomic mass is 16.1. The summed E-state index contributed by atoms with van der Waals surface area (Å²) in [7, 11) is 0. The van der Waals surface area contributed by atoms with E-state index in [2.05, 4.69) is 39.7 Å². The summed E-state index contributed by atoms with van der Waals surface area (Å²) >= 11 is 0. The maximum atomic E-state index is 12.5. The van der Waals surface area contributed by atoms with Gasteiger partial charge in [0.1, 0.15) is 0 Å². The van der Waals surface area contributed by atoms with Crippen LogP contribution in [0, 0.1) is 6.92 Å². The van der Waals surface area contributed by atoms with Gasteiger partial charge in [-0.05, 0) is 31.5 Å². The lowest BCUT2D eigenvalue weighted by Crippen LogP contribution is -2.28. The van der Waals surface area contributed by atoms with Crippen molar-refractivity contribution in [3.05, 3.63) is 83.7 Å². The molecule has 0 radical (unpaired) electrons. The maximum Gasteiger partial charge on any atom is 0.227 e. The third-order valence-electron chi connectivity index (χ3n) is 4.79. The van der Waals surface area contributed by atoms with Gasteiger partial charge in [0, 0.05) is 5.56 Å². The van der Waals surface area contributed by atoms with Crippen molar-refractivity contribution in [1.29, 1.82) is 0 Å². The highest BCUT2D eigenvalue weighted by Gasteiger charge is 2.16. The van der Waals surface area contributed by atoms with Crippen LogP contribution in [0.4, 0.5) is 0 Å². The standard InChI is InChI=1S/C22H21N5O/c1-15-8-10-18(11-9-15)19-12-13-20-24-25-21(27(20)26-19)14-23-22(28)16(2)17-6-4-3-5-7-17/h3-13,16H,14H2,1-2H3,(H,23,28)/t16-/m1/s1. The Bertz CT molecular complexity index is 1100. The van der Waals surface area contributed by atoms with Gasteiger partial charge in [0.05, 0.1) is 18.2 Å². The molecule has 0 saturated heterocycles. The maximum absolute atomic E-state index is 12.5. The van der Waals surface area contributed by atoms with Crippen LogP contribution in [0.5, 0.6) is 0 Å². The normalized spacial score (nSPS) is 12.1. The van der Waals surface area contributed by atoms with Crippen molar-refractivity contribution in [2.45, 2.75) is 26.3 Å². The minimum absolute atomic E-state index is 0.0577. The minimum atomic E-state index is -0.239. The quantitative estimate of drug-likeness (QED) is 0.583. The first-order valence-electron chi connectivity index (χ1n) is 9.23. The Labute approximate surface area is 163 Å². The number of nitrogens with zero attached hydrogens (tertiary/aromatic N) is 4. The molecule has 0 spiro atoms. The second-order valence-corrected chi connectivity index (χ2v) is 6.82. The molecule has 0 aliphatic rings. The molecule has 140 valence electrons. The monoisotopic (exact) mass is 371 g/mol. The van der Waals surface area contributed by atoms with E-state index in [0.29, 0.717) is 11.5 Å². The number of aromatic nitrogens is 4. The molecule has 28 heavy (non-hydrogen) atoms. The molecule has 6 heteroatoms. The van der Waals surface area contributed by atoms with E-state index in [9.17, 15) is 4.79 Å². The number of carbonyl (C=O) groups is 1. The Hall–Kier alpha value is -3.54. The molecule has 6 nitrogen and oxygen atoms in total. The zero-order valence-electron chi connectivity index (χ0n) is 15.8. The van der Waals surface area contributed by atoms with Crippen molar-refractivity contribution >= 4 is 11.6 Å². The zero-order valence-corrected chi connectivity index (χ0v) is 15.8. The summed E-state index contributed by atoms with van der Waals surface area (Å²) in [5.74, 6) is 0.298. The van der Waals surface area contributed by atoms with E-state index in [0.717, 1.165) is 16.8 Å². The van der Waals surface area contributed by atoms with Gasteiger partial charge < -0.3 is 5.32 Å². The number of carbonyl (C=O) groups excluding carboxylic acids is 1. The minimum Gasteiger partial charge on any atom is -0.348 e. The van der Waals surface area contributed by atoms with Crippen molar-refractivity contribution < 1.29 is 4.79 Å². The highest BCUT2D eigenvalue weighted by Crippen LogP contribution is 2.18. The van der Waals surface area contributed by atoms with Crippen LogP contribution in [0.15, 0.2) is 66.7 Å². The molecular formula is C22H21N5O. The molecule has 4 aromatic rings. The molecule has 2 heterocycles. The first-order chi connectivity index (χ1) is 13.6. The van der Waals surface area contributed by atoms with E-state index in [1.807, 2.05) is 61.5 Å². The van der Waals surface area contributed by atoms with Crippen LogP contribution in [0.1, 0.15) is 29.8 Å². The van der Waals surface area contributed by atoms with E-state index in [1.54, 1.807) is 4.52 Å². The molecule has 2 aromatic carbocycles. The van der Waals surface area contributed by atoms with Crippen LogP contribution in [0.3, 0.4) is 0 Å². The molecular weight excluding hydrogens is 350 g/mol. The lowest BCUT2D eigenvalue weighted by atomic mass is 10.0. The number of hydrogen-bond acceptors (Lipinski definition) is 4. The van der Waals surface area contributed by atoms with E-state index < -0.39 is 0 Å². The summed E-state index contributed by atoms with van der Waals surface area (Å²) in [6, 6.07) is 21.7. The summed E-state index contributed by atoms with van der Waals surface area (Å²) in [5, 5.41) is 15.9. The first kappa shape index (κ1) is 17.9. The average molecular weight is 371 g/mol. The topological polar surface area (TPSA) is 72.2 Å². The smallest absolute Gasteiger partial charge is 0.227 e. The molecule has 1 amide bonds. The average Bonchev–Trinajstić information content (AvgIpc) is 3.15. The van der Waals surface area contributed by atoms with Crippen molar-refractivity contribution in [2.24, 2.45) is 0 Å². The number of aryl methyl sites for hydroxylation is 1. The number of nitrogens with one attached hydrogen (secondary N) is 1. The van der Waals surface area contributed by atoms with Crippen LogP contribution < -0.4 is 5.32 Å². The van der Waals surface area contributed by atoms with Crippen LogP contribution in [0.2, 0.25) is 0 Å². The fraction of sp³-hybridized carbons (Fsp3) is 0.182. The van der Waals surface area contributed by atoms with Crippen molar-refractivity contribution in [3.8, 4) is 11.3 Å². The Morgan fingerprint density at radius 2 is 1.75 bits per heavy atom. The summed E-state index contributed by atoms with van der Waals surface area (Å²) in [6.07, 6.45) is 0. The Balaban J connectivity index is 1.53. The van der Waals surface area contributed by atoms with Crippen LogP contribution >= 0.6 is 0 Å². The van der Waals surface area contributed by atoms with E-state index >= 15 is 0 Å². The van der Waals surface area contributed by atoms with Crippen molar-refractivity contribution in [2.75, 3.05) is 0 Å². The molecule has 0 fully saturated rings. The van der Waals surface area contributed by atoms with Gasteiger partial charge in [0.25, 0.3) is 0 Å². The van der Waals surface area contributed by atoms with Gasteiger partial charge >= 0.3 is 0 Å². The highest BCUT2D eigenvalue weighted by molar-refractivity contribution is 5.83. The summed E-state index contributed by atoms with van der Waals surface area (Å²) in [5.41, 5.74) is 4.68. The largest absolute Gasteiger partial charge is 0.348 e. The summed E-state index contributed by atoms with van der Waals surface area (Å²) < 4.78 is 1.68. The zero-order chi connectivity index (χ0) is 19.5. The Morgan fingerprint density at radius 1 is 1.00 bits per heavy atom. The number of rotatable bonds is 5. The summed E-state index contributed by atoms with van der Waals surface area (Å²) in [4.78, 5) is 12.5. The van der Waals surface area contributed by atoms with Crippen molar-refractivity contribution in [1.82, 2.24) is 25.1 Å². The fourth-order valence-corrected chi connectivity index (χ4v) is 3.03. The molecule has 1 N–H and O–H groups in total. The number of fused-ring (bicyclic) bond motifs is 1.